The van der Waals surface area contributed by atoms with E-state index in [0.717, 1.165) is 24.0 Å². The molecule has 0 bridgehead atoms. The van der Waals surface area contributed by atoms with E-state index in [2.05, 4.69) is 24.1 Å². The summed E-state index contributed by atoms with van der Waals surface area (Å²) < 4.78 is 7.32. The van der Waals surface area contributed by atoms with Gasteiger partial charge in [-0.3, -0.25) is 4.57 Å². The number of nitrogens with one attached hydrogen (secondary N) is 2. The number of ether oxygens (including phenoxy) is 1. The fourth-order valence-corrected chi connectivity index (χ4v) is 2.18. The molecular formula is C15H23N3O2. The molecule has 0 radical (unpaired) electrons. The lowest BCUT2D eigenvalue weighted by molar-refractivity contribution is 0.129. The van der Waals surface area contributed by atoms with Crippen LogP contribution in [0, 0.1) is 0 Å². The van der Waals surface area contributed by atoms with Gasteiger partial charge in [-0.15, -0.1) is 0 Å². The maximum atomic E-state index is 11.8. The van der Waals surface area contributed by atoms with Crippen molar-refractivity contribution < 1.29 is 4.74 Å². The Labute approximate surface area is 118 Å². The molecule has 0 spiro atoms. The van der Waals surface area contributed by atoms with Crippen molar-refractivity contribution in [2.24, 2.45) is 0 Å². The number of nitrogens with zero attached hydrogens (tertiary/aromatic N) is 1. The van der Waals surface area contributed by atoms with Gasteiger partial charge in [-0.1, -0.05) is 26.0 Å². The molecule has 1 heterocycles. The van der Waals surface area contributed by atoms with Crippen molar-refractivity contribution in [1.29, 1.82) is 0 Å². The largest absolute Gasteiger partial charge is 0.380 e. The third-order valence-corrected chi connectivity index (χ3v) is 3.15. The van der Waals surface area contributed by atoms with Crippen LogP contribution < -0.4 is 11.0 Å². The Bertz CT molecular complexity index is 586. The summed E-state index contributed by atoms with van der Waals surface area (Å²) in [4.78, 5) is 14.7. The van der Waals surface area contributed by atoms with Gasteiger partial charge in [-0.2, -0.15) is 0 Å². The predicted molar refractivity (Wildman–Crippen MR) is 81.1 cm³/mol. The first kappa shape index (κ1) is 14.8. The first-order chi connectivity index (χ1) is 9.68. The first-order valence-corrected chi connectivity index (χ1v) is 7.17. The molecule has 1 aromatic carbocycles. The summed E-state index contributed by atoms with van der Waals surface area (Å²) in [5.41, 5.74) is 1.80. The lowest BCUT2D eigenvalue weighted by Gasteiger charge is -2.08. The monoisotopic (exact) mass is 277 g/mol. The molecule has 0 saturated carbocycles. The van der Waals surface area contributed by atoms with E-state index >= 15 is 0 Å². The summed E-state index contributed by atoms with van der Waals surface area (Å²) in [5, 5.41) is 3.30. The minimum atomic E-state index is -0.0484. The van der Waals surface area contributed by atoms with Crippen LogP contribution in [0.5, 0.6) is 0 Å². The Morgan fingerprint density at radius 2 is 2.10 bits per heavy atom. The van der Waals surface area contributed by atoms with Crippen LogP contribution in [0.15, 0.2) is 29.1 Å². The summed E-state index contributed by atoms with van der Waals surface area (Å²) >= 11 is 0. The van der Waals surface area contributed by atoms with E-state index in [9.17, 15) is 4.79 Å². The van der Waals surface area contributed by atoms with Crippen LogP contribution in [-0.2, 0) is 11.3 Å². The molecule has 5 heteroatoms. The molecule has 0 aliphatic heterocycles. The molecule has 2 aromatic rings. The average Bonchev–Trinajstić information content (AvgIpc) is 2.73. The highest BCUT2D eigenvalue weighted by atomic mass is 16.5. The zero-order valence-corrected chi connectivity index (χ0v) is 12.2. The third kappa shape index (κ3) is 3.95. The molecule has 0 unspecified atom stereocenters. The molecule has 110 valence electrons. The SMILES string of the molecule is CC(C)NCCOCCCn1c(=O)[nH]c2ccccc21. The minimum Gasteiger partial charge on any atom is -0.380 e. The predicted octanol–water partition coefficient (Wildman–Crippen LogP) is 1.73. The van der Waals surface area contributed by atoms with Gasteiger partial charge in [-0.25, -0.2) is 4.79 Å². The number of fused-ring (bicyclic) bond motifs is 1. The highest BCUT2D eigenvalue weighted by molar-refractivity contribution is 5.74. The molecule has 0 amide bonds. The number of imidazole rings is 1. The zero-order chi connectivity index (χ0) is 14.4. The molecule has 2 rings (SSSR count). The topological polar surface area (TPSA) is 59.0 Å². The van der Waals surface area contributed by atoms with Gasteiger partial charge in [0.2, 0.25) is 0 Å². The van der Waals surface area contributed by atoms with Crippen molar-refractivity contribution in [2.45, 2.75) is 32.9 Å². The van der Waals surface area contributed by atoms with Gasteiger partial charge in [0.05, 0.1) is 17.6 Å². The number of hydrogen-bond acceptors (Lipinski definition) is 3. The number of benzene rings is 1. The zero-order valence-electron chi connectivity index (χ0n) is 12.2. The van der Waals surface area contributed by atoms with E-state index in [4.69, 9.17) is 4.74 Å². The Morgan fingerprint density at radius 1 is 1.30 bits per heavy atom. The molecule has 5 nitrogen and oxygen atoms in total. The molecule has 0 fully saturated rings. The van der Waals surface area contributed by atoms with E-state index in [1.807, 2.05) is 24.3 Å². The van der Waals surface area contributed by atoms with Gasteiger partial charge < -0.3 is 15.0 Å². The van der Waals surface area contributed by atoms with Crippen LogP contribution in [0.3, 0.4) is 0 Å². The first-order valence-electron chi connectivity index (χ1n) is 7.17. The fraction of sp³-hybridized carbons (Fsp3) is 0.533. The smallest absolute Gasteiger partial charge is 0.326 e. The number of para-hydroxylation sites is 2. The van der Waals surface area contributed by atoms with Gasteiger partial charge in [0.25, 0.3) is 0 Å². The van der Waals surface area contributed by atoms with Crippen molar-refractivity contribution in [1.82, 2.24) is 14.9 Å². The van der Waals surface area contributed by atoms with Crippen molar-refractivity contribution in [3.63, 3.8) is 0 Å². The summed E-state index contributed by atoms with van der Waals surface area (Å²) in [6, 6.07) is 8.23. The van der Waals surface area contributed by atoms with Crippen molar-refractivity contribution >= 4 is 11.0 Å². The Hall–Kier alpha value is -1.59. The van der Waals surface area contributed by atoms with Crippen LogP contribution >= 0.6 is 0 Å². The number of H-pyrrole nitrogens is 1. The molecule has 0 aliphatic carbocycles. The standard InChI is InChI=1S/C15H23N3O2/c1-12(2)16-8-11-20-10-5-9-18-14-7-4-3-6-13(14)17-15(18)19/h3-4,6-7,12,16H,5,8-11H2,1-2H3,(H,17,19). The highest BCUT2D eigenvalue weighted by Gasteiger charge is 2.04. The molecule has 0 atom stereocenters. The second kappa shape index (κ2) is 7.26. The number of aromatic nitrogens is 2. The van der Waals surface area contributed by atoms with E-state index in [1.165, 1.54) is 0 Å². The van der Waals surface area contributed by atoms with Gasteiger partial charge in [-0.05, 0) is 18.6 Å². The number of hydrogen-bond donors (Lipinski definition) is 2. The quantitative estimate of drug-likeness (QED) is 0.723. The molecule has 1 aromatic heterocycles. The molecular weight excluding hydrogens is 254 g/mol. The fourth-order valence-electron chi connectivity index (χ4n) is 2.18. The Kier molecular flexibility index (Phi) is 5.38. The second-order valence-electron chi connectivity index (χ2n) is 5.17. The number of rotatable bonds is 8. The van der Waals surface area contributed by atoms with Crippen molar-refractivity contribution in [3.8, 4) is 0 Å². The molecule has 0 aliphatic rings. The lowest BCUT2D eigenvalue weighted by Crippen LogP contribution is -2.27. The van der Waals surface area contributed by atoms with Crippen LogP contribution in [0.2, 0.25) is 0 Å². The molecule has 20 heavy (non-hydrogen) atoms. The van der Waals surface area contributed by atoms with Gasteiger partial charge in [0, 0.05) is 25.7 Å². The second-order valence-corrected chi connectivity index (χ2v) is 5.17. The van der Waals surface area contributed by atoms with E-state index in [0.29, 0.717) is 25.8 Å². The lowest BCUT2D eigenvalue weighted by atomic mass is 10.3. The van der Waals surface area contributed by atoms with Crippen LogP contribution in [0.4, 0.5) is 0 Å². The van der Waals surface area contributed by atoms with Gasteiger partial charge in [0.1, 0.15) is 0 Å². The maximum absolute atomic E-state index is 11.8. The average molecular weight is 277 g/mol. The maximum Gasteiger partial charge on any atom is 0.326 e. The highest BCUT2D eigenvalue weighted by Crippen LogP contribution is 2.09. The third-order valence-electron chi connectivity index (χ3n) is 3.15. The van der Waals surface area contributed by atoms with Crippen LogP contribution in [-0.4, -0.2) is 35.4 Å². The van der Waals surface area contributed by atoms with Gasteiger partial charge in [0.15, 0.2) is 0 Å². The van der Waals surface area contributed by atoms with Crippen molar-refractivity contribution in [3.05, 3.63) is 34.7 Å². The Morgan fingerprint density at radius 3 is 2.90 bits per heavy atom. The Balaban J connectivity index is 1.76. The van der Waals surface area contributed by atoms with Crippen LogP contribution in [0.1, 0.15) is 20.3 Å². The molecule has 0 saturated heterocycles. The normalized spacial score (nSPS) is 11.6. The number of aromatic amines is 1. The van der Waals surface area contributed by atoms with Crippen molar-refractivity contribution in [2.75, 3.05) is 19.8 Å². The van der Waals surface area contributed by atoms with Gasteiger partial charge >= 0.3 is 5.69 Å². The summed E-state index contributed by atoms with van der Waals surface area (Å²) in [7, 11) is 0. The molecule has 2 N–H and O–H groups in total. The van der Waals surface area contributed by atoms with E-state index < -0.39 is 0 Å². The van der Waals surface area contributed by atoms with E-state index in [1.54, 1.807) is 4.57 Å². The summed E-state index contributed by atoms with van der Waals surface area (Å²) in [6.45, 7) is 7.16. The van der Waals surface area contributed by atoms with Crippen LogP contribution in [0.25, 0.3) is 11.0 Å². The summed E-state index contributed by atoms with van der Waals surface area (Å²) in [6.07, 6.45) is 0.837. The number of aryl methyl sites for hydroxylation is 1. The van der Waals surface area contributed by atoms with E-state index in [-0.39, 0.29) is 5.69 Å². The minimum absolute atomic E-state index is 0.0484. The summed E-state index contributed by atoms with van der Waals surface area (Å²) in [5.74, 6) is 0.